The summed E-state index contributed by atoms with van der Waals surface area (Å²) in [6.07, 6.45) is -3.75. The number of hydrogen-bond acceptors (Lipinski definition) is 4. The van der Waals surface area contributed by atoms with Gasteiger partial charge >= 0.3 is 6.18 Å². The Morgan fingerprint density at radius 3 is 2.45 bits per heavy atom. The van der Waals surface area contributed by atoms with Crippen LogP contribution in [0.4, 0.5) is 18.9 Å². The number of anilines is 1. The van der Waals surface area contributed by atoms with E-state index in [-0.39, 0.29) is 17.9 Å². The van der Waals surface area contributed by atoms with Crippen LogP contribution in [0.3, 0.4) is 0 Å². The Morgan fingerprint density at radius 2 is 1.88 bits per heavy atom. The molecule has 2 aliphatic heterocycles. The van der Waals surface area contributed by atoms with E-state index in [2.05, 4.69) is 34.7 Å². The summed E-state index contributed by atoms with van der Waals surface area (Å²) in [7, 11) is 2.10. The fourth-order valence-electron chi connectivity index (χ4n) is 4.07. The van der Waals surface area contributed by atoms with Gasteiger partial charge in [0.1, 0.15) is 0 Å². The monoisotopic (exact) mass is 501 g/mol. The summed E-state index contributed by atoms with van der Waals surface area (Å²) < 4.78 is 31.2. The highest BCUT2D eigenvalue weighted by atomic mass is 35.5. The zero-order valence-corrected chi connectivity index (χ0v) is 19.4. The average Bonchev–Trinajstić information content (AvgIpc) is 3.30. The smallest absolute Gasteiger partial charge is 0.325 e. The highest BCUT2D eigenvalue weighted by molar-refractivity contribution is 6.35. The number of benzene rings is 2. The number of rotatable bonds is 3. The first-order chi connectivity index (χ1) is 15.6. The second-order valence-corrected chi connectivity index (χ2v) is 8.97. The van der Waals surface area contributed by atoms with Crippen molar-refractivity contribution in [3.05, 3.63) is 63.1 Å². The molecular formula is C23H24Cl2F3N3O2. The van der Waals surface area contributed by atoms with Gasteiger partial charge in [-0.25, -0.2) is 0 Å². The summed E-state index contributed by atoms with van der Waals surface area (Å²) in [5, 5.41) is 7.62. The molecule has 0 aliphatic carbocycles. The molecule has 4 rings (SSSR count). The van der Waals surface area contributed by atoms with E-state index in [0.29, 0.717) is 5.02 Å². The minimum absolute atomic E-state index is 0.0431. The van der Waals surface area contributed by atoms with Gasteiger partial charge in [-0.05, 0) is 67.4 Å². The van der Waals surface area contributed by atoms with Crippen LogP contribution in [0.1, 0.15) is 35.4 Å². The number of carbonyl (C=O) groups is 2. The number of amides is 1. The summed E-state index contributed by atoms with van der Waals surface area (Å²) in [6, 6.07) is 11.9. The van der Waals surface area contributed by atoms with Crippen molar-refractivity contribution >= 4 is 41.1 Å². The van der Waals surface area contributed by atoms with Crippen molar-refractivity contribution in [1.29, 1.82) is 0 Å². The number of halogens is 5. The van der Waals surface area contributed by atoms with Crippen LogP contribution in [0.2, 0.25) is 10.0 Å². The Labute approximate surface area is 200 Å². The maximum absolute atomic E-state index is 12.3. The van der Waals surface area contributed by atoms with Crippen molar-refractivity contribution in [1.82, 2.24) is 10.2 Å². The zero-order valence-electron chi connectivity index (χ0n) is 17.9. The Morgan fingerprint density at radius 1 is 1.21 bits per heavy atom. The summed E-state index contributed by atoms with van der Waals surface area (Å²) in [4.78, 5) is 23.2. The molecule has 0 aromatic heterocycles. The van der Waals surface area contributed by atoms with Gasteiger partial charge in [0.2, 0.25) is 12.2 Å². The third-order valence-corrected chi connectivity index (χ3v) is 6.14. The van der Waals surface area contributed by atoms with E-state index in [9.17, 15) is 18.0 Å². The molecule has 0 bridgehead atoms. The van der Waals surface area contributed by atoms with Crippen molar-refractivity contribution in [2.75, 3.05) is 25.5 Å². The molecule has 0 radical (unpaired) electrons. The molecule has 2 N–H and O–H groups in total. The predicted octanol–water partition coefficient (Wildman–Crippen LogP) is 5.01. The van der Waals surface area contributed by atoms with Crippen molar-refractivity contribution in [3.63, 3.8) is 0 Å². The lowest BCUT2D eigenvalue weighted by atomic mass is 9.84. The quantitative estimate of drug-likeness (QED) is 0.580. The maximum Gasteiger partial charge on any atom is 0.446 e. The number of carbonyl (C=O) groups excluding carboxylic acids is 2. The lowest BCUT2D eigenvalue weighted by molar-refractivity contribution is -0.156. The van der Waals surface area contributed by atoms with Gasteiger partial charge in [0.25, 0.3) is 0 Å². The van der Waals surface area contributed by atoms with Crippen LogP contribution in [0.25, 0.3) is 0 Å². The van der Waals surface area contributed by atoms with Crippen molar-refractivity contribution in [2.45, 2.75) is 37.5 Å². The van der Waals surface area contributed by atoms with Gasteiger partial charge in [0.15, 0.2) is 0 Å². The second-order valence-electron chi connectivity index (χ2n) is 8.12. The molecule has 10 heteroatoms. The van der Waals surface area contributed by atoms with Crippen LogP contribution in [-0.2, 0) is 16.1 Å². The number of alkyl halides is 3. The molecule has 1 unspecified atom stereocenters. The SMILES string of the molecule is CN1Cc2c(Cl)cc(Cl)cc2C(c2ccc(NC(=O)[C@@H]3CCCN3)cc2)C1.O=CC(F)(F)F. The van der Waals surface area contributed by atoms with E-state index < -0.39 is 12.5 Å². The Hall–Kier alpha value is -2.13. The molecule has 1 saturated heterocycles. The van der Waals surface area contributed by atoms with Crippen molar-refractivity contribution in [2.24, 2.45) is 0 Å². The van der Waals surface area contributed by atoms with Crippen LogP contribution in [0.5, 0.6) is 0 Å². The van der Waals surface area contributed by atoms with Gasteiger partial charge in [-0.1, -0.05) is 35.3 Å². The third-order valence-electron chi connectivity index (χ3n) is 5.58. The number of fused-ring (bicyclic) bond motifs is 1. The topological polar surface area (TPSA) is 61.4 Å². The van der Waals surface area contributed by atoms with Crippen LogP contribution in [0.15, 0.2) is 36.4 Å². The minimum atomic E-state index is -4.64. The van der Waals surface area contributed by atoms with Gasteiger partial charge in [-0.3, -0.25) is 9.59 Å². The van der Waals surface area contributed by atoms with Crippen molar-refractivity contribution in [3.8, 4) is 0 Å². The molecule has 33 heavy (non-hydrogen) atoms. The summed E-state index contributed by atoms with van der Waals surface area (Å²) in [5.41, 5.74) is 4.35. The maximum atomic E-state index is 12.3. The normalized spacial score (nSPS) is 20.4. The molecule has 1 fully saturated rings. The first kappa shape index (κ1) is 25.5. The molecular weight excluding hydrogens is 478 g/mol. The van der Waals surface area contributed by atoms with Gasteiger partial charge in [-0.15, -0.1) is 0 Å². The van der Waals surface area contributed by atoms with Crippen LogP contribution < -0.4 is 10.6 Å². The number of likely N-dealkylation sites (N-methyl/N-ethyl adjacent to an activating group) is 1. The molecule has 0 spiro atoms. The van der Waals surface area contributed by atoms with Gasteiger partial charge in [0, 0.05) is 34.7 Å². The largest absolute Gasteiger partial charge is 0.446 e. The van der Waals surface area contributed by atoms with E-state index in [0.717, 1.165) is 48.7 Å². The lowest BCUT2D eigenvalue weighted by Crippen LogP contribution is -2.35. The van der Waals surface area contributed by atoms with E-state index in [4.69, 9.17) is 28.0 Å². The highest BCUT2D eigenvalue weighted by Crippen LogP contribution is 2.38. The molecule has 2 aromatic rings. The summed E-state index contributed by atoms with van der Waals surface area (Å²) in [5.74, 6) is 0.248. The molecule has 0 saturated carbocycles. The molecule has 178 valence electrons. The fourth-order valence-corrected chi connectivity index (χ4v) is 4.64. The minimum Gasteiger partial charge on any atom is -0.325 e. The first-order valence-corrected chi connectivity index (χ1v) is 11.2. The first-order valence-electron chi connectivity index (χ1n) is 10.4. The standard InChI is InChI=1S/C21H23Cl2N3O.C2HF3O/c1-26-11-17(16-9-14(22)10-19(23)18(16)12-26)13-4-6-15(7-5-13)25-21(27)20-3-2-8-24-20;3-2(4,5)1-6/h4-7,9-10,17,20,24H,2-3,8,11-12H2,1H3,(H,25,27);1H/t17?,20-;/m0./s1. The number of nitrogens with zero attached hydrogens (tertiary/aromatic N) is 1. The molecule has 5 nitrogen and oxygen atoms in total. The van der Waals surface area contributed by atoms with E-state index in [1.54, 1.807) is 0 Å². The fraction of sp³-hybridized carbons (Fsp3) is 0.391. The van der Waals surface area contributed by atoms with Gasteiger partial charge in [-0.2, -0.15) is 13.2 Å². The molecule has 2 heterocycles. The number of nitrogens with one attached hydrogen (secondary N) is 2. The average molecular weight is 502 g/mol. The molecule has 2 aromatic carbocycles. The predicted molar refractivity (Wildman–Crippen MR) is 123 cm³/mol. The summed E-state index contributed by atoms with van der Waals surface area (Å²) in [6.45, 7) is 2.64. The van der Waals surface area contributed by atoms with Crippen LogP contribution >= 0.6 is 23.2 Å². The second kappa shape index (κ2) is 10.9. The Kier molecular flexibility index (Phi) is 8.39. The number of aldehydes is 1. The van der Waals surface area contributed by atoms with Crippen LogP contribution in [0, 0.1) is 0 Å². The summed E-state index contributed by atoms with van der Waals surface area (Å²) >= 11 is 12.7. The van der Waals surface area contributed by atoms with E-state index in [1.165, 1.54) is 11.1 Å². The Balaban J connectivity index is 0.000000454. The van der Waals surface area contributed by atoms with E-state index >= 15 is 0 Å². The Bertz CT molecular complexity index is 994. The zero-order chi connectivity index (χ0) is 24.2. The molecule has 2 aliphatic rings. The van der Waals surface area contributed by atoms with Crippen molar-refractivity contribution < 1.29 is 22.8 Å². The van der Waals surface area contributed by atoms with Gasteiger partial charge < -0.3 is 15.5 Å². The molecule has 1 amide bonds. The third kappa shape index (κ3) is 6.93. The van der Waals surface area contributed by atoms with Crippen LogP contribution in [-0.4, -0.2) is 49.4 Å². The van der Waals surface area contributed by atoms with Gasteiger partial charge in [0.05, 0.1) is 6.04 Å². The highest BCUT2D eigenvalue weighted by Gasteiger charge is 2.27. The lowest BCUT2D eigenvalue weighted by Gasteiger charge is -2.33. The van der Waals surface area contributed by atoms with E-state index in [1.807, 2.05) is 24.3 Å². The number of hydrogen-bond donors (Lipinski definition) is 2. The molecule has 2 atom stereocenters.